The highest BCUT2D eigenvalue weighted by molar-refractivity contribution is 5.94. The molecule has 1 N–H and O–H groups in total. The third-order valence-electron chi connectivity index (χ3n) is 6.57. The molecule has 1 unspecified atom stereocenters. The molecule has 0 saturated carbocycles. The number of aryl methyl sites for hydroxylation is 1. The lowest BCUT2D eigenvalue weighted by atomic mass is 9.93. The number of nitrogens with one attached hydrogen (secondary N) is 1. The Bertz CT molecular complexity index is 1420. The van der Waals surface area contributed by atoms with E-state index in [2.05, 4.69) is 10.4 Å². The standard InChI is InChI=1S/C30H29N3O5/c1-20-26(31-29(38-20)23-11-7-4-8-12-23)16-18-37-24-14-13-21-15-17-33(27(25(21)19-24)30(35)36-2)32-28(34)22-9-5-3-6-10-22/h3-14,19,27H,15-18H2,1-2H3,(H,32,34). The SMILES string of the molecule is COC(=O)C1c2cc(OCCc3nc(-c4ccccc4)oc3C)ccc2CCN1NC(=O)c1ccccc1. The molecule has 0 aliphatic carbocycles. The fourth-order valence-corrected chi connectivity index (χ4v) is 4.58. The number of esters is 1. The van der Waals surface area contributed by atoms with Gasteiger partial charge in [0, 0.05) is 24.1 Å². The Balaban J connectivity index is 1.29. The second-order valence-corrected chi connectivity index (χ2v) is 9.02. The lowest BCUT2D eigenvalue weighted by molar-refractivity contribution is -0.148. The third-order valence-corrected chi connectivity index (χ3v) is 6.57. The minimum atomic E-state index is -0.786. The van der Waals surface area contributed by atoms with Crippen LogP contribution in [-0.4, -0.2) is 42.1 Å². The van der Waals surface area contributed by atoms with Crippen LogP contribution in [0.1, 0.15) is 39.0 Å². The molecule has 1 aromatic heterocycles. The van der Waals surface area contributed by atoms with Crippen LogP contribution < -0.4 is 10.2 Å². The fourth-order valence-electron chi connectivity index (χ4n) is 4.58. The highest BCUT2D eigenvalue weighted by Crippen LogP contribution is 2.33. The fraction of sp³-hybridized carbons (Fsp3) is 0.233. The number of hydrogen-bond donors (Lipinski definition) is 1. The monoisotopic (exact) mass is 511 g/mol. The van der Waals surface area contributed by atoms with Gasteiger partial charge in [0.1, 0.15) is 11.5 Å². The number of amides is 1. The molecule has 4 aromatic rings. The minimum Gasteiger partial charge on any atom is -0.493 e. The number of ether oxygens (including phenoxy) is 2. The van der Waals surface area contributed by atoms with Crippen LogP contribution in [0.4, 0.5) is 0 Å². The molecule has 0 saturated heterocycles. The molecular weight excluding hydrogens is 482 g/mol. The molecule has 1 amide bonds. The molecule has 8 nitrogen and oxygen atoms in total. The van der Waals surface area contributed by atoms with Crippen molar-refractivity contribution in [2.45, 2.75) is 25.8 Å². The van der Waals surface area contributed by atoms with Crippen molar-refractivity contribution in [1.29, 1.82) is 0 Å². The number of hydrazine groups is 1. The number of methoxy groups -OCH3 is 1. The second kappa shape index (κ2) is 11.3. The maximum absolute atomic E-state index is 12.9. The largest absolute Gasteiger partial charge is 0.493 e. The number of aromatic nitrogens is 1. The van der Waals surface area contributed by atoms with Gasteiger partial charge in [-0.3, -0.25) is 10.2 Å². The van der Waals surface area contributed by atoms with Gasteiger partial charge in [-0.1, -0.05) is 42.5 Å². The van der Waals surface area contributed by atoms with E-state index in [4.69, 9.17) is 13.9 Å². The van der Waals surface area contributed by atoms with Gasteiger partial charge in [0.05, 0.1) is 19.4 Å². The maximum atomic E-state index is 12.9. The zero-order valence-electron chi connectivity index (χ0n) is 21.3. The molecule has 0 bridgehead atoms. The van der Waals surface area contributed by atoms with Crippen LogP contribution in [0.5, 0.6) is 5.75 Å². The quantitative estimate of drug-likeness (QED) is 0.343. The molecule has 194 valence electrons. The summed E-state index contributed by atoms with van der Waals surface area (Å²) in [5, 5.41) is 1.64. The molecule has 8 heteroatoms. The summed E-state index contributed by atoms with van der Waals surface area (Å²) in [5.74, 6) is 1.23. The molecule has 1 aliphatic rings. The van der Waals surface area contributed by atoms with Gasteiger partial charge in [0.15, 0.2) is 6.04 Å². The molecule has 2 heterocycles. The number of hydrogen-bond acceptors (Lipinski definition) is 7. The number of carbonyl (C=O) groups excluding carboxylic acids is 2. The average Bonchev–Trinajstić information content (AvgIpc) is 3.33. The molecule has 5 rings (SSSR count). The molecule has 1 atom stereocenters. The predicted molar refractivity (Wildman–Crippen MR) is 141 cm³/mol. The molecule has 0 spiro atoms. The van der Waals surface area contributed by atoms with E-state index >= 15 is 0 Å². The highest BCUT2D eigenvalue weighted by atomic mass is 16.5. The van der Waals surface area contributed by atoms with Crippen molar-refractivity contribution >= 4 is 11.9 Å². The Morgan fingerprint density at radius 1 is 1.05 bits per heavy atom. The summed E-state index contributed by atoms with van der Waals surface area (Å²) in [6.45, 7) is 2.76. The zero-order chi connectivity index (χ0) is 26.5. The Hall–Kier alpha value is -4.43. The van der Waals surface area contributed by atoms with Crippen LogP contribution in [0.2, 0.25) is 0 Å². The summed E-state index contributed by atoms with van der Waals surface area (Å²) in [5.41, 5.74) is 6.92. The zero-order valence-corrected chi connectivity index (χ0v) is 21.3. The lowest BCUT2D eigenvalue weighted by Crippen LogP contribution is -2.50. The molecule has 3 aromatic carbocycles. The number of nitrogens with zero attached hydrogens (tertiary/aromatic N) is 2. The smallest absolute Gasteiger partial charge is 0.329 e. The van der Waals surface area contributed by atoms with E-state index in [1.54, 1.807) is 29.3 Å². The first-order valence-electron chi connectivity index (χ1n) is 12.5. The molecule has 1 aliphatic heterocycles. The Kier molecular flexibility index (Phi) is 7.51. The summed E-state index contributed by atoms with van der Waals surface area (Å²) in [6, 6.07) is 23.6. The number of rotatable bonds is 8. The molecule has 38 heavy (non-hydrogen) atoms. The Morgan fingerprint density at radius 3 is 2.53 bits per heavy atom. The van der Waals surface area contributed by atoms with Crippen LogP contribution in [0.25, 0.3) is 11.5 Å². The second-order valence-electron chi connectivity index (χ2n) is 9.02. The topological polar surface area (TPSA) is 93.9 Å². The van der Waals surface area contributed by atoms with Crippen LogP contribution in [0, 0.1) is 6.92 Å². The normalized spacial score (nSPS) is 14.9. The van der Waals surface area contributed by atoms with Gasteiger partial charge in [-0.15, -0.1) is 0 Å². The summed E-state index contributed by atoms with van der Waals surface area (Å²) >= 11 is 0. The summed E-state index contributed by atoms with van der Waals surface area (Å²) in [6.07, 6.45) is 1.23. The van der Waals surface area contributed by atoms with Crippen molar-refractivity contribution in [3.8, 4) is 17.2 Å². The number of oxazole rings is 1. The average molecular weight is 512 g/mol. The van der Waals surface area contributed by atoms with E-state index in [9.17, 15) is 9.59 Å². The number of carbonyl (C=O) groups is 2. The molecular formula is C30H29N3O5. The van der Waals surface area contributed by atoms with Crippen molar-refractivity contribution in [2.75, 3.05) is 20.3 Å². The van der Waals surface area contributed by atoms with Crippen LogP contribution in [0.3, 0.4) is 0 Å². The van der Waals surface area contributed by atoms with Gasteiger partial charge in [0.2, 0.25) is 5.89 Å². The van der Waals surface area contributed by atoms with Crippen LogP contribution >= 0.6 is 0 Å². The minimum absolute atomic E-state index is 0.284. The van der Waals surface area contributed by atoms with Gasteiger partial charge in [-0.25, -0.2) is 14.8 Å². The van der Waals surface area contributed by atoms with Gasteiger partial charge in [-0.2, -0.15) is 0 Å². The van der Waals surface area contributed by atoms with E-state index in [1.165, 1.54) is 7.11 Å². The van der Waals surface area contributed by atoms with Crippen LogP contribution in [0.15, 0.2) is 83.3 Å². The number of benzene rings is 3. The van der Waals surface area contributed by atoms with Crippen LogP contribution in [-0.2, 0) is 22.4 Å². The first-order valence-corrected chi connectivity index (χ1v) is 12.5. The lowest BCUT2D eigenvalue weighted by Gasteiger charge is -2.35. The van der Waals surface area contributed by atoms with E-state index in [-0.39, 0.29) is 5.91 Å². The highest BCUT2D eigenvalue weighted by Gasteiger charge is 2.35. The third kappa shape index (κ3) is 5.45. The first kappa shape index (κ1) is 25.2. The van der Waals surface area contributed by atoms with Crippen molar-refractivity contribution in [1.82, 2.24) is 15.4 Å². The van der Waals surface area contributed by atoms with E-state index < -0.39 is 12.0 Å². The van der Waals surface area contributed by atoms with Gasteiger partial charge in [0.25, 0.3) is 5.91 Å². The Labute approximate surface area is 221 Å². The van der Waals surface area contributed by atoms with Crippen molar-refractivity contribution in [3.63, 3.8) is 0 Å². The van der Waals surface area contributed by atoms with E-state index in [0.29, 0.717) is 43.2 Å². The van der Waals surface area contributed by atoms with Gasteiger partial charge in [-0.05, 0) is 60.9 Å². The van der Waals surface area contributed by atoms with Gasteiger partial charge >= 0.3 is 5.97 Å². The predicted octanol–water partition coefficient (Wildman–Crippen LogP) is 4.69. The Morgan fingerprint density at radius 2 is 1.79 bits per heavy atom. The molecule has 0 fully saturated rings. The van der Waals surface area contributed by atoms with Gasteiger partial charge < -0.3 is 13.9 Å². The van der Waals surface area contributed by atoms with Crippen molar-refractivity contribution < 1.29 is 23.5 Å². The summed E-state index contributed by atoms with van der Waals surface area (Å²) < 4.78 is 17.0. The number of fused-ring (bicyclic) bond motifs is 1. The maximum Gasteiger partial charge on any atom is 0.329 e. The van der Waals surface area contributed by atoms with E-state index in [0.717, 1.165) is 28.1 Å². The van der Waals surface area contributed by atoms with Crippen molar-refractivity contribution in [3.05, 3.63) is 107 Å². The van der Waals surface area contributed by atoms with Crippen molar-refractivity contribution in [2.24, 2.45) is 0 Å². The first-order chi connectivity index (χ1) is 18.5. The van der Waals surface area contributed by atoms with E-state index in [1.807, 2.05) is 61.5 Å². The summed E-state index contributed by atoms with van der Waals surface area (Å²) in [7, 11) is 1.35. The summed E-state index contributed by atoms with van der Waals surface area (Å²) in [4.78, 5) is 30.3. The molecule has 0 radical (unpaired) electrons.